The fourth-order valence-corrected chi connectivity index (χ4v) is 1.37. The molecule has 4 N–H and O–H groups in total. The molecule has 106 valence electrons. The lowest BCUT2D eigenvalue weighted by Crippen LogP contribution is -2.51. The minimum absolute atomic E-state index is 0.0484. The van der Waals surface area contributed by atoms with E-state index in [1.54, 1.807) is 14.0 Å². The van der Waals surface area contributed by atoms with E-state index in [1.807, 2.05) is 13.8 Å². The van der Waals surface area contributed by atoms with Crippen molar-refractivity contribution in [1.82, 2.24) is 10.6 Å². The van der Waals surface area contributed by atoms with Crippen LogP contribution in [0.4, 0.5) is 0 Å². The quantitative estimate of drug-likeness (QED) is 0.525. The van der Waals surface area contributed by atoms with Crippen molar-refractivity contribution >= 4 is 11.8 Å². The molecule has 0 saturated carbocycles. The Labute approximate surface area is 109 Å². The van der Waals surface area contributed by atoms with Crippen molar-refractivity contribution in [3.8, 4) is 0 Å². The summed E-state index contributed by atoms with van der Waals surface area (Å²) >= 11 is 0. The Balaban J connectivity index is 4.01. The Bertz CT molecular complexity index is 269. The summed E-state index contributed by atoms with van der Waals surface area (Å²) in [7, 11) is 1.60. The van der Waals surface area contributed by atoms with E-state index in [-0.39, 0.29) is 17.9 Å². The van der Waals surface area contributed by atoms with Crippen LogP contribution in [0.15, 0.2) is 0 Å². The summed E-state index contributed by atoms with van der Waals surface area (Å²) in [5.74, 6) is -0.514. The summed E-state index contributed by atoms with van der Waals surface area (Å²) in [6.45, 7) is 5.94. The second-order valence-electron chi connectivity index (χ2n) is 4.64. The molecule has 0 heterocycles. The molecule has 0 aromatic heterocycles. The molecule has 0 aliphatic carbocycles. The molecular weight excluding hydrogens is 234 g/mol. The van der Waals surface area contributed by atoms with Crippen molar-refractivity contribution in [2.75, 3.05) is 13.7 Å². The molecule has 2 atom stereocenters. The van der Waals surface area contributed by atoms with Crippen LogP contribution >= 0.6 is 0 Å². The van der Waals surface area contributed by atoms with Crippen molar-refractivity contribution < 1.29 is 14.3 Å². The zero-order valence-corrected chi connectivity index (χ0v) is 11.7. The molecule has 0 aliphatic heterocycles. The first-order valence-electron chi connectivity index (χ1n) is 6.23. The molecule has 0 spiro atoms. The normalized spacial score (nSPS) is 14.1. The van der Waals surface area contributed by atoms with Crippen molar-refractivity contribution in [1.29, 1.82) is 0 Å². The third-order valence-electron chi connectivity index (χ3n) is 2.38. The lowest BCUT2D eigenvalue weighted by Gasteiger charge is -2.18. The lowest BCUT2D eigenvalue weighted by molar-refractivity contribution is -0.129. The largest absolute Gasteiger partial charge is 0.385 e. The molecule has 0 bridgehead atoms. The molecule has 18 heavy (non-hydrogen) atoms. The van der Waals surface area contributed by atoms with Crippen LogP contribution in [-0.4, -0.2) is 43.7 Å². The molecule has 0 aliphatic rings. The van der Waals surface area contributed by atoms with Gasteiger partial charge < -0.3 is 21.1 Å². The van der Waals surface area contributed by atoms with Crippen molar-refractivity contribution in [2.24, 2.45) is 5.73 Å². The first kappa shape index (κ1) is 16.9. The fraction of sp³-hybridized carbons (Fsp3) is 0.833. The number of methoxy groups -OCH3 is 1. The molecular formula is C12H25N3O3. The molecule has 0 radical (unpaired) electrons. The van der Waals surface area contributed by atoms with Gasteiger partial charge >= 0.3 is 0 Å². The van der Waals surface area contributed by atoms with Crippen LogP contribution in [0.25, 0.3) is 0 Å². The van der Waals surface area contributed by atoms with Gasteiger partial charge in [0.15, 0.2) is 0 Å². The van der Waals surface area contributed by atoms with Gasteiger partial charge in [0.1, 0.15) is 6.04 Å². The molecule has 0 aromatic carbocycles. The van der Waals surface area contributed by atoms with E-state index >= 15 is 0 Å². The lowest BCUT2D eigenvalue weighted by atomic mass is 10.1. The first-order chi connectivity index (χ1) is 8.38. The van der Waals surface area contributed by atoms with Gasteiger partial charge in [-0.25, -0.2) is 0 Å². The predicted molar refractivity (Wildman–Crippen MR) is 70.0 cm³/mol. The fourth-order valence-electron chi connectivity index (χ4n) is 1.37. The maximum absolute atomic E-state index is 11.7. The Morgan fingerprint density at radius 1 is 1.17 bits per heavy atom. The summed E-state index contributed by atoms with van der Waals surface area (Å²) in [6.07, 6.45) is 1.26. The first-order valence-corrected chi connectivity index (χ1v) is 6.23. The summed E-state index contributed by atoms with van der Waals surface area (Å²) in [5, 5.41) is 5.32. The highest BCUT2D eigenvalue weighted by Crippen LogP contribution is 1.96. The standard InChI is InChI=1S/C12H25N3O3/c1-8(2)14-11(16)9(3)15-12(17)10(13)6-5-7-18-4/h8-10H,5-7,13H2,1-4H3,(H,14,16)(H,15,17). The summed E-state index contributed by atoms with van der Waals surface area (Å²) in [4.78, 5) is 23.3. The van der Waals surface area contributed by atoms with E-state index in [9.17, 15) is 9.59 Å². The van der Waals surface area contributed by atoms with Gasteiger partial charge in [0, 0.05) is 19.8 Å². The monoisotopic (exact) mass is 259 g/mol. The van der Waals surface area contributed by atoms with Crippen LogP contribution in [0.5, 0.6) is 0 Å². The van der Waals surface area contributed by atoms with Crippen molar-refractivity contribution in [3.05, 3.63) is 0 Å². The topological polar surface area (TPSA) is 93.4 Å². The van der Waals surface area contributed by atoms with Gasteiger partial charge in [0.05, 0.1) is 6.04 Å². The molecule has 2 amide bonds. The van der Waals surface area contributed by atoms with E-state index in [1.165, 1.54) is 0 Å². The second kappa shape index (κ2) is 8.88. The third kappa shape index (κ3) is 7.24. The van der Waals surface area contributed by atoms with Gasteiger partial charge in [-0.05, 0) is 33.6 Å². The molecule has 6 nitrogen and oxygen atoms in total. The van der Waals surface area contributed by atoms with Gasteiger partial charge in [-0.3, -0.25) is 9.59 Å². The molecule has 0 fully saturated rings. The maximum Gasteiger partial charge on any atom is 0.242 e. The molecule has 0 aromatic rings. The van der Waals surface area contributed by atoms with Crippen molar-refractivity contribution in [3.63, 3.8) is 0 Å². The van der Waals surface area contributed by atoms with E-state index in [0.717, 1.165) is 6.42 Å². The number of rotatable bonds is 8. The highest BCUT2D eigenvalue weighted by atomic mass is 16.5. The number of hydrogen-bond donors (Lipinski definition) is 3. The average Bonchev–Trinajstić information content (AvgIpc) is 2.28. The third-order valence-corrected chi connectivity index (χ3v) is 2.38. The summed E-state index contributed by atoms with van der Waals surface area (Å²) in [6, 6.07) is -1.13. The highest BCUT2D eigenvalue weighted by Gasteiger charge is 2.19. The second-order valence-corrected chi connectivity index (χ2v) is 4.64. The zero-order valence-electron chi connectivity index (χ0n) is 11.7. The summed E-state index contributed by atoms with van der Waals surface area (Å²) in [5.41, 5.74) is 5.71. The number of nitrogens with two attached hydrogens (primary N) is 1. The number of nitrogens with one attached hydrogen (secondary N) is 2. The maximum atomic E-state index is 11.7. The Hall–Kier alpha value is -1.14. The minimum atomic E-state index is -0.602. The number of carbonyl (C=O) groups excluding carboxylic acids is 2. The van der Waals surface area contributed by atoms with Crippen LogP contribution in [-0.2, 0) is 14.3 Å². The van der Waals surface area contributed by atoms with Crippen LogP contribution < -0.4 is 16.4 Å². The molecule has 0 rings (SSSR count). The molecule has 6 heteroatoms. The molecule has 0 saturated heterocycles. The predicted octanol–water partition coefficient (Wildman–Crippen LogP) is -0.230. The van der Waals surface area contributed by atoms with Gasteiger partial charge in [-0.15, -0.1) is 0 Å². The van der Waals surface area contributed by atoms with Crippen LogP contribution in [0.1, 0.15) is 33.6 Å². The van der Waals surface area contributed by atoms with Crippen LogP contribution in [0.3, 0.4) is 0 Å². The molecule has 2 unspecified atom stereocenters. The zero-order chi connectivity index (χ0) is 14.1. The summed E-state index contributed by atoms with van der Waals surface area (Å²) < 4.78 is 4.88. The average molecular weight is 259 g/mol. The van der Waals surface area contributed by atoms with E-state index in [2.05, 4.69) is 10.6 Å². The Kier molecular flexibility index (Phi) is 8.32. The highest BCUT2D eigenvalue weighted by molar-refractivity contribution is 5.89. The van der Waals surface area contributed by atoms with Crippen LogP contribution in [0.2, 0.25) is 0 Å². The van der Waals surface area contributed by atoms with E-state index < -0.39 is 12.1 Å². The Morgan fingerprint density at radius 3 is 2.28 bits per heavy atom. The van der Waals surface area contributed by atoms with Gasteiger partial charge in [0.2, 0.25) is 11.8 Å². The van der Waals surface area contributed by atoms with Crippen LogP contribution in [0, 0.1) is 0 Å². The minimum Gasteiger partial charge on any atom is -0.385 e. The van der Waals surface area contributed by atoms with Gasteiger partial charge in [-0.2, -0.15) is 0 Å². The number of hydrogen-bond acceptors (Lipinski definition) is 4. The smallest absolute Gasteiger partial charge is 0.242 e. The number of ether oxygens (including phenoxy) is 1. The van der Waals surface area contributed by atoms with E-state index in [4.69, 9.17) is 10.5 Å². The SMILES string of the molecule is COCCCC(N)C(=O)NC(C)C(=O)NC(C)C. The number of carbonyl (C=O) groups is 2. The van der Waals surface area contributed by atoms with E-state index in [0.29, 0.717) is 13.0 Å². The van der Waals surface area contributed by atoms with Gasteiger partial charge in [-0.1, -0.05) is 0 Å². The Morgan fingerprint density at radius 2 is 1.78 bits per heavy atom. The van der Waals surface area contributed by atoms with Gasteiger partial charge in [0.25, 0.3) is 0 Å². The van der Waals surface area contributed by atoms with Crippen molar-refractivity contribution in [2.45, 2.75) is 51.7 Å². The number of amides is 2.